The fraction of sp³-hybridized carbons (Fsp3) is 0.125. The van der Waals surface area contributed by atoms with Gasteiger partial charge >= 0.3 is 0 Å². The number of nitrogens with zero attached hydrogens (tertiary/aromatic N) is 1. The maximum atomic E-state index is 12.5. The van der Waals surface area contributed by atoms with E-state index in [1.165, 1.54) is 11.8 Å². The number of furan rings is 1. The number of thioether (sulfide) groups is 1. The monoisotopic (exact) mass is 315 g/mol. The minimum absolute atomic E-state index is 0.108. The Hall–Kier alpha value is -1.85. The molecule has 1 aliphatic rings. The number of rotatable bonds is 2. The highest BCUT2D eigenvalue weighted by Gasteiger charge is 2.33. The summed E-state index contributed by atoms with van der Waals surface area (Å²) in [4.78, 5) is 14.7. The van der Waals surface area contributed by atoms with E-state index in [0.717, 1.165) is 17.0 Å². The van der Waals surface area contributed by atoms with Gasteiger partial charge in [0.05, 0.1) is 10.6 Å². The van der Waals surface area contributed by atoms with Crippen LogP contribution in [0.15, 0.2) is 45.7 Å². The zero-order valence-electron chi connectivity index (χ0n) is 11.6. The van der Waals surface area contributed by atoms with Crippen molar-refractivity contribution < 1.29 is 9.21 Å². The third-order valence-electron chi connectivity index (χ3n) is 3.12. The number of anilines is 1. The molecular formula is C16H13NO2S2. The summed E-state index contributed by atoms with van der Waals surface area (Å²) in [7, 11) is 0. The third kappa shape index (κ3) is 2.80. The van der Waals surface area contributed by atoms with Crippen molar-refractivity contribution in [2.45, 2.75) is 13.8 Å². The largest absolute Gasteiger partial charge is 0.462 e. The van der Waals surface area contributed by atoms with Gasteiger partial charge in [0.1, 0.15) is 11.5 Å². The van der Waals surface area contributed by atoms with Crippen LogP contribution < -0.4 is 4.90 Å². The van der Waals surface area contributed by atoms with Gasteiger partial charge in [0, 0.05) is 6.08 Å². The Kier molecular flexibility index (Phi) is 3.69. The molecule has 3 rings (SSSR count). The van der Waals surface area contributed by atoms with E-state index in [0.29, 0.717) is 15.0 Å². The predicted octanol–water partition coefficient (Wildman–Crippen LogP) is 4.30. The number of hydrogen-bond donors (Lipinski definition) is 0. The number of thiocarbonyl (C=S) groups is 1. The average Bonchev–Trinajstić information content (AvgIpc) is 2.96. The van der Waals surface area contributed by atoms with Gasteiger partial charge in [0.2, 0.25) is 0 Å². The Morgan fingerprint density at radius 2 is 1.86 bits per heavy atom. The number of carbonyl (C=O) groups is 1. The number of aryl methyl sites for hydroxylation is 2. The number of carbonyl (C=O) groups excluding carboxylic acids is 1. The second-order valence-electron chi connectivity index (χ2n) is 4.80. The van der Waals surface area contributed by atoms with Crippen LogP contribution in [0, 0.1) is 13.8 Å². The summed E-state index contributed by atoms with van der Waals surface area (Å²) < 4.78 is 6.02. The molecule has 0 spiro atoms. The molecule has 1 amide bonds. The van der Waals surface area contributed by atoms with Crippen molar-refractivity contribution in [3.8, 4) is 0 Å². The molecule has 1 aromatic carbocycles. The van der Waals surface area contributed by atoms with E-state index in [4.69, 9.17) is 16.6 Å². The summed E-state index contributed by atoms with van der Waals surface area (Å²) in [5, 5.41) is 0. The summed E-state index contributed by atoms with van der Waals surface area (Å²) in [6, 6.07) is 11.4. The van der Waals surface area contributed by atoms with Crippen LogP contribution in [-0.4, -0.2) is 10.2 Å². The fourth-order valence-electron chi connectivity index (χ4n) is 2.04. The Morgan fingerprint density at radius 1 is 1.14 bits per heavy atom. The van der Waals surface area contributed by atoms with Gasteiger partial charge in [0.15, 0.2) is 4.32 Å². The second-order valence-corrected chi connectivity index (χ2v) is 6.48. The molecule has 106 valence electrons. The van der Waals surface area contributed by atoms with Gasteiger partial charge in [-0.2, -0.15) is 0 Å². The molecule has 1 fully saturated rings. The number of benzene rings is 1. The Morgan fingerprint density at radius 3 is 2.48 bits per heavy atom. The van der Waals surface area contributed by atoms with Gasteiger partial charge in [-0.25, -0.2) is 0 Å². The van der Waals surface area contributed by atoms with Gasteiger partial charge in [-0.15, -0.1) is 0 Å². The molecule has 0 N–H and O–H groups in total. The average molecular weight is 315 g/mol. The summed E-state index contributed by atoms with van der Waals surface area (Å²) in [5.41, 5.74) is 1.94. The summed E-state index contributed by atoms with van der Waals surface area (Å²) in [5.74, 6) is 1.37. The van der Waals surface area contributed by atoms with Crippen molar-refractivity contribution in [1.29, 1.82) is 0 Å². The Bertz CT molecular complexity index is 744. The standard InChI is InChI=1S/C16H13NO2S2/c1-10-3-6-12(7-4-10)17-15(18)14(21-16(17)20)9-13-8-5-11(2)19-13/h3-9H,1-2H3. The van der Waals surface area contributed by atoms with E-state index in [-0.39, 0.29) is 5.91 Å². The van der Waals surface area contributed by atoms with Gasteiger partial charge in [-0.1, -0.05) is 41.7 Å². The van der Waals surface area contributed by atoms with Crippen LogP contribution in [0.5, 0.6) is 0 Å². The highest BCUT2D eigenvalue weighted by atomic mass is 32.2. The van der Waals surface area contributed by atoms with Gasteiger partial charge in [-0.3, -0.25) is 9.69 Å². The third-order valence-corrected chi connectivity index (χ3v) is 4.42. The molecule has 0 atom stereocenters. The highest BCUT2D eigenvalue weighted by Crippen LogP contribution is 2.36. The molecule has 0 bridgehead atoms. The molecule has 0 radical (unpaired) electrons. The van der Waals surface area contributed by atoms with Gasteiger partial charge < -0.3 is 4.42 Å². The molecular weight excluding hydrogens is 302 g/mol. The smallest absolute Gasteiger partial charge is 0.270 e. The lowest BCUT2D eigenvalue weighted by Crippen LogP contribution is -2.27. The van der Waals surface area contributed by atoms with Crippen LogP contribution in [0.1, 0.15) is 17.1 Å². The SMILES string of the molecule is Cc1ccc(N2C(=O)C(=Cc3ccc(C)o3)SC2=S)cc1. The fourth-order valence-corrected chi connectivity index (χ4v) is 3.32. The first kappa shape index (κ1) is 14.1. The van der Waals surface area contributed by atoms with Crippen LogP contribution in [0.4, 0.5) is 5.69 Å². The topological polar surface area (TPSA) is 33.5 Å². The molecule has 1 aromatic heterocycles. The number of hydrogen-bond acceptors (Lipinski definition) is 4. The molecule has 3 nitrogen and oxygen atoms in total. The number of amides is 1. The lowest BCUT2D eigenvalue weighted by molar-refractivity contribution is -0.113. The van der Waals surface area contributed by atoms with Crippen molar-refractivity contribution in [2.24, 2.45) is 0 Å². The van der Waals surface area contributed by atoms with Crippen molar-refractivity contribution in [3.05, 3.63) is 58.4 Å². The van der Waals surface area contributed by atoms with Crippen LogP contribution in [0.25, 0.3) is 6.08 Å². The molecule has 1 saturated heterocycles. The van der Waals surface area contributed by atoms with Crippen LogP contribution >= 0.6 is 24.0 Å². The lowest BCUT2D eigenvalue weighted by atomic mass is 10.2. The summed E-state index contributed by atoms with van der Waals surface area (Å²) in [6.45, 7) is 3.88. The molecule has 2 aromatic rings. The summed E-state index contributed by atoms with van der Waals surface area (Å²) >= 11 is 6.62. The van der Waals surface area contributed by atoms with Gasteiger partial charge in [0.25, 0.3) is 5.91 Å². The summed E-state index contributed by atoms with van der Waals surface area (Å²) in [6.07, 6.45) is 1.74. The van der Waals surface area contributed by atoms with Crippen molar-refractivity contribution in [2.75, 3.05) is 4.90 Å². The van der Waals surface area contributed by atoms with Crippen molar-refractivity contribution in [1.82, 2.24) is 0 Å². The molecule has 5 heteroatoms. The molecule has 1 aliphatic heterocycles. The van der Waals surface area contributed by atoms with Crippen LogP contribution in [-0.2, 0) is 4.79 Å². The van der Waals surface area contributed by atoms with Gasteiger partial charge in [-0.05, 0) is 38.1 Å². The first-order valence-electron chi connectivity index (χ1n) is 6.45. The minimum atomic E-state index is -0.108. The predicted molar refractivity (Wildman–Crippen MR) is 90.3 cm³/mol. The van der Waals surface area contributed by atoms with E-state index < -0.39 is 0 Å². The van der Waals surface area contributed by atoms with Crippen LogP contribution in [0.3, 0.4) is 0 Å². The normalized spacial score (nSPS) is 17.0. The lowest BCUT2D eigenvalue weighted by Gasteiger charge is -2.14. The van der Waals surface area contributed by atoms with Crippen LogP contribution in [0.2, 0.25) is 0 Å². The van der Waals surface area contributed by atoms with E-state index in [1.807, 2.05) is 50.2 Å². The molecule has 0 aliphatic carbocycles. The van der Waals surface area contributed by atoms with Crippen molar-refractivity contribution >= 4 is 46.0 Å². The quantitative estimate of drug-likeness (QED) is 0.611. The maximum absolute atomic E-state index is 12.5. The zero-order chi connectivity index (χ0) is 15.0. The maximum Gasteiger partial charge on any atom is 0.270 e. The highest BCUT2D eigenvalue weighted by molar-refractivity contribution is 8.27. The molecule has 0 saturated carbocycles. The Balaban J connectivity index is 1.92. The van der Waals surface area contributed by atoms with E-state index in [1.54, 1.807) is 11.0 Å². The van der Waals surface area contributed by atoms with E-state index in [9.17, 15) is 4.79 Å². The minimum Gasteiger partial charge on any atom is -0.462 e. The molecule has 0 unspecified atom stereocenters. The Labute approximate surface area is 132 Å². The first-order chi connectivity index (χ1) is 10.0. The van der Waals surface area contributed by atoms with E-state index >= 15 is 0 Å². The van der Waals surface area contributed by atoms with E-state index in [2.05, 4.69) is 0 Å². The first-order valence-corrected chi connectivity index (χ1v) is 7.68. The second kappa shape index (κ2) is 5.50. The molecule has 2 heterocycles. The zero-order valence-corrected chi connectivity index (χ0v) is 13.3. The molecule has 21 heavy (non-hydrogen) atoms. The van der Waals surface area contributed by atoms with Crippen molar-refractivity contribution in [3.63, 3.8) is 0 Å².